The fourth-order valence-corrected chi connectivity index (χ4v) is 8.13. The molecule has 0 unspecified atom stereocenters. The molecule has 5 heterocycles. The monoisotopic (exact) mass is 648 g/mol. The van der Waals surface area contributed by atoms with E-state index in [9.17, 15) is 0 Å². The summed E-state index contributed by atoms with van der Waals surface area (Å²) in [5, 5.41) is 36.9. The van der Waals surface area contributed by atoms with Gasteiger partial charge in [0.1, 0.15) is 20.8 Å². The molecule has 0 radical (unpaired) electrons. The van der Waals surface area contributed by atoms with Gasteiger partial charge in [-0.15, -0.1) is 20.4 Å². The van der Waals surface area contributed by atoms with Crippen molar-refractivity contribution >= 4 is 78.5 Å². The Bertz CT molecular complexity index is 1230. The molecule has 12 nitrogen and oxygen atoms in total. The van der Waals surface area contributed by atoms with Crippen LogP contribution in [0.1, 0.15) is 76.2 Å². The van der Waals surface area contributed by atoms with Crippen molar-refractivity contribution < 1.29 is 0 Å². The van der Waals surface area contributed by atoms with Crippen molar-refractivity contribution in [2.24, 2.45) is 20.2 Å². The Kier molecular flexibility index (Phi) is 10.7. The minimum absolute atomic E-state index is 0.228. The Labute approximate surface area is 264 Å². The predicted molar refractivity (Wildman–Crippen MR) is 178 cm³/mol. The van der Waals surface area contributed by atoms with Crippen LogP contribution in [-0.4, -0.2) is 99.1 Å². The van der Waals surface area contributed by atoms with Crippen LogP contribution in [0.2, 0.25) is 0 Å². The maximum absolute atomic E-state index is 5.04. The largest absolute Gasteiger partial charge is 0.337 e. The van der Waals surface area contributed by atoms with Crippen molar-refractivity contribution in [3.63, 3.8) is 0 Å². The smallest absolute Gasteiger partial charge is 0.234 e. The van der Waals surface area contributed by atoms with Crippen molar-refractivity contribution in [1.82, 2.24) is 40.2 Å². The van der Waals surface area contributed by atoms with Gasteiger partial charge in [0.05, 0.1) is 10.1 Å². The van der Waals surface area contributed by atoms with E-state index in [0.29, 0.717) is 10.3 Å². The zero-order valence-corrected chi connectivity index (χ0v) is 28.5. The Morgan fingerprint density at radius 2 is 1.07 bits per heavy atom. The minimum atomic E-state index is 0.228. The van der Waals surface area contributed by atoms with Crippen LogP contribution >= 0.6 is 46.2 Å². The molecule has 42 heavy (non-hydrogen) atoms. The second kappa shape index (κ2) is 14.4. The van der Waals surface area contributed by atoms with E-state index in [4.69, 9.17) is 20.2 Å². The molecular formula is C26H40N12S4. The van der Waals surface area contributed by atoms with Crippen LogP contribution in [-0.2, 0) is 0 Å². The molecule has 2 atom stereocenters. The Hall–Kier alpha value is -2.30. The van der Waals surface area contributed by atoms with E-state index in [1.807, 2.05) is 37.4 Å². The summed E-state index contributed by atoms with van der Waals surface area (Å²) in [5.41, 5.74) is 0. The molecule has 5 rings (SSSR count). The average Bonchev–Trinajstić information content (AvgIpc) is 3.76. The molecule has 2 aromatic heterocycles. The van der Waals surface area contributed by atoms with Gasteiger partial charge in [0.2, 0.25) is 22.2 Å². The molecule has 16 heteroatoms. The number of nitrogens with zero attached hydrogens (tertiary/aromatic N) is 12. The maximum Gasteiger partial charge on any atom is 0.234 e. The van der Waals surface area contributed by atoms with Crippen LogP contribution in [0.25, 0.3) is 0 Å². The summed E-state index contributed by atoms with van der Waals surface area (Å²) >= 11 is 6.67. The summed E-state index contributed by atoms with van der Waals surface area (Å²) < 4.78 is 0. The minimum Gasteiger partial charge on any atom is -0.337 e. The molecular weight excluding hydrogens is 609 g/mol. The number of piperazine rings is 1. The third-order valence-electron chi connectivity index (χ3n) is 6.94. The second-order valence-corrected chi connectivity index (χ2v) is 15.4. The molecule has 0 aliphatic carbocycles. The highest BCUT2D eigenvalue weighted by atomic mass is 32.2. The lowest BCUT2D eigenvalue weighted by Gasteiger charge is -2.41. The molecule has 2 aromatic rings. The van der Waals surface area contributed by atoms with Crippen LogP contribution in [0.3, 0.4) is 0 Å². The lowest BCUT2D eigenvalue weighted by Crippen LogP contribution is -2.57. The van der Waals surface area contributed by atoms with E-state index < -0.39 is 0 Å². The van der Waals surface area contributed by atoms with Crippen molar-refractivity contribution in [2.45, 2.75) is 90.8 Å². The average molecular weight is 649 g/mol. The second-order valence-electron chi connectivity index (χ2n) is 10.4. The number of aryl methyl sites for hydroxylation is 2. The number of rotatable bonds is 8. The van der Waals surface area contributed by atoms with Gasteiger partial charge < -0.3 is 9.80 Å². The normalized spacial score (nSPS) is 22.0. The Balaban J connectivity index is 1.40. The molecule has 0 amide bonds. The lowest BCUT2D eigenvalue weighted by atomic mass is 10.2. The molecule has 0 spiro atoms. The molecule has 0 saturated carbocycles. The highest BCUT2D eigenvalue weighted by Gasteiger charge is 2.37. The summed E-state index contributed by atoms with van der Waals surface area (Å²) in [6.07, 6.45) is 6.70. The molecule has 228 valence electrons. The van der Waals surface area contributed by atoms with E-state index in [1.165, 1.54) is 22.7 Å². The van der Waals surface area contributed by atoms with Gasteiger partial charge in [-0.05, 0) is 40.5 Å². The van der Waals surface area contributed by atoms with Crippen molar-refractivity contribution in [3.8, 4) is 0 Å². The van der Waals surface area contributed by atoms with E-state index >= 15 is 0 Å². The summed E-state index contributed by atoms with van der Waals surface area (Å²) in [4.78, 5) is 14.8. The van der Waals surface area contributed by atoms with E-state index in [0.717, 1.165) is 96.7 Å². The van der Waals surface area contributed by atoms with Crippen molar-refractivity contribution in [1.29, 1.82) is 0 Å². The first-order valence-electron chi connectivity index (χ1n) is 14.6. The zero-order valence-electron chi connectivity index (χ0n) is 25.2. The van der Waals surface area contributed by atoms with Crippen LogP contribution in [0.4, 0.5) is 10.3 Å². The number of hydrogen-bond acceptors (Lipinski definition) is 12. The van der Waals surface area contributed by atoms with Crippen LogP contribution in [0.5, 0.6) is 0 Å². The Morgan fingerprint density at radius 3 is 1.40 bits per heavy atom. The van der Waals surface area contributed by atoms with Gasteiger partial charge in [-0.3, -0.25) is 0 Å². The Morgan fingerprint density at radius 1 is 0.667 bits per heavy atom. The lowest BCUT2D eigenvalue weighted by molar-refractivity contribution is 0.206. The first kappa shape index (κ1) is 31.1. The van der Waals surface area contributed by atoms with Gasteiger partial charge in [-0.25, -0.2) is 10.0 Å². The summed E-state index contributed by atoms with van der Waals surface area (Å²) in [6, 6.07) is 0. The number of thioether (sulfide) groups is 2. The van der Waals surface area contributed by atoms with Crippen LogP contribution in [0, 0.1) is 13.8 Å². The van der Waals surface area contributed by atoms with Crippen molar-refractivity contribution in [2.75, 3.05) is 26.2 Å². The topological polar surface area (TPSA) is 114 Å². The van der Waals surface area contributed by atoms with Crippen LogP contribution < -0.4 is 0 Å². The third-order valence-corrected chi connectivity index (χ3v) is 10.7. The highest BCUT2D eigenvalue weighted by molar-refractivity contribution is 8.14. The van der Waals surface area contributed by atoms with E-state index in [-0.39, 0.29) is 10.7 Å². The van der Waals surface area contributed by atoms with Gasteiger partial charge >= 0.3 is 0 Å². The molecule has 3 aliphatic rings. The van der Waals surface area contributed by atoms with Gasteiger partial charge in [0.15, 0.2) is 0 Å². The fourth-order valence-electron chi connectivity index (χ4n) is 4.91. The molecule has 0 bridgehead atoms. The molecule has 1 fully saturated rings. The predicted octanol–water partition coefficient (Wildman–Crippen LogP) is 6.10. The summed E-state index contributed by atoms with van der Waals surface area (Å²) in [7, 11) is 0. The first-order valence-corrected chi connectivity index (χ1v) is 18.0. The molecule has 0 N–H and O–H groups in total. The molecule has 1 saturated heterocycles. The highest BCUT2D eigenvalue weighted by Crippen LogP contribution is 2.34. The molecule has 3 aliphatic heterocycles. The number of guanidine groups is 2. The number of hydrogen-bond donors (Lipinski definition) is 0. The standard InChI is InChI=1S/C26H40N12S4/c1-7-9-11-21-37(33-19(5)39-21)25(27-23-31-29-17(3)41-23)35-13-15-36(16-14-35)26(28-24-32-30-18(4)42-24)38-22(12-10-8-2)40-20(6)34-38/h21-22H,7-16H2,1-6H3/t21-,22-/m0/s1. The SMILES string of the molecule is CCCC[C@@H]1SC(C)=NN1C(=Nc1nnc(C)s1)N1CCN(C(=Nc2nnc(C)s2)N2N=C(C)S[C@H]2CCCC)CC1. The fraction of sp³-hybridized carbons (Fsp3) is 0.692. The third kappa shape index (κ3) is 7.61. The number of aliphatic imine (C=N–C) groups is 2. The van der Waals surface area contributed by atoms with E-state index in [2.05, 4.69) is 67.9 Å². The quantitative estimate of drug-likeness (QED) is 0.246. The van der Waals surface area contributed by atoms with Gasteiger partial charge in [-0.1, -0.05) is 85.7 Å². The summed E-state index contributed by atoms with van der Waals surface area (Å²) in [6.45, 7) is 15.6. The van der Waals surface area contributed by atoms with Crippen LogP contribution in [0.15, 0.2) is 20.2 Å². The van der Waals surface area contributed by atoms with Gasteiger partial charge in [0, 0.05) is 26.2 Å². The maximum atomic E-state index is 5.04. The van der Waals surface area contributed by atoms with Gasteiger partial charge in [0.25, 0.3) is 0 Å². The number of aromatic nitrogens is 4. The zero-order chi connectivity index (χ0) is 29.6. The summed E-state index contributed by atoms with van der Waals surface area (Å²) in [5.74, 6) is 1.70. The number of unbranched alkanes of at least 4 members (excludes halogenated alkanes) is 2. The molecule has 0 aromatic carbocycles. The van der Waals surface area contributed by atoms with Gasteiger partial charge in [-0.2, -0.15) is 20.2 Å². The van der Waals surface area contributed by atoms with Crippen molar-refractivity contribution in [3.05, 3.63) is 10.0 Å². The first-order chi connectivity index (χ1) is 20.3. The van der Waals surface area contributed by atoms with E-state index in [1.54, 1.807) is 0 Å². The number of hydrazone groups is 2.